The van der Waals surface area contributed by atoms with Crippen molar-refractivity contribution in [3.05, 3.63) is 24.0 Å². The van der Waals surface area contributed by atoms with Crippen LogP contribution in [0.25, 0.3) is 0 Å². The van der Waals surface area contributed by atoms with E-state index in [1.807, 2.05) is 0 Å². The summed E-state index contributed by atoms with van der Waals surface area (Å²) in [5.41, 5.74) is 0.141. The van der Waals surface area contributed by atoms with Gasteiger partial charge in [-0.15, -0.1) is 0 Å². The fraction of sp³-hybridized carbons (Fsp3) is 0.333. The molecular weight excluding hydrogens is 232 g/mol. The summed E-state index contributed by atoms with van der Waals surface area (Å²) in [6, 6.07) is 1.25. The Labute approximate surface area is 92.4 Å². The van der Waals surface area contributed by atoms with Gasteiger partial charge in [0.05, 0.1) is 22.7 Å². The number of carboxylic acids is 1. The average Bonchev–Trinajstić information content (AvgIpc) is 3.00. The number of nitrogens with zero attached hydrogens (tertiary/aromatic N) is 1. The molecule has 0 aromatic carbocycles. The smallest absolute Gasteiger partial charge is 0.337 e. The van der Waals surface area contributed by atoms with E-state index in [1.165, 1.54) is 12.3 Å². The monoisotopic (exact) mass is 242 g/mol. The fourth-order valence-electron chi connectivity index (χ4n) is 1.24. The van der Waals surface area contributed by atoms with Gasteiger partial charge in [-0.2, -0.15) is 0 Å². The number of nitrogens with one attached hydrogen (secondary N) is 1. The number of anilines is 1. The SMILES string of the molecule is O=C(O)c1cncc(NS(=O)(=O)C2CC2)c1. The molecule has 1 heterocycles. The fourth-order valence-corrected chi connectivity index (χ4v) is 2.60. The lowest BCUT2D eigenvalue weighted by Crippen LogP contribution is -2.17. The van der Waals surface area contributed by atoms with E-state index in [1.54, 1.807) is 0 Å². The third-order valence-electron chi connectivity index (χ3n) is 2.21. The molecule has 1 aromatic rings. The Bertz CT molecular complexity index is 522. The van der Waals surface area contributed by atoms with Gasteiger partial charge in [0.15, 0.2) is 0 Å². The maximum absolute atomic E-state index is 11.6. The van der Waals surface area contributed by atoms with E-state index in [0.717, 1.165) is 6.20 Å². The van der Waals surface area contributed by atoms with E-state index < -0.39 is 16.0 Å². The van der Waals surface area contributed by atoms with Gasteiger partial charge in [0.25, 0.3) is 0 Å². The molecule has 6 nitrogen and oxygen atoms in total. The summed E-state index contributed by atoms with van der Waals surface area (Å²) in [6.45, 7) is 0. The van der Waals surface area contributed by atoms with Gasteiger partial charge in [0.1, 0.15) is 0 Å². The summed E-state index contributed by atoms with van der Waals surface area (Å²) in [5.74, 6) is -1.14. The first kappa shape index (κ1) is 10.9. The zero-order valence-corrected chi connectivity index (χ0v) is 9.07. The summed E-state index contributed by atoms with van der Waals surface area (Å²) in [7, 11) is -3.37. The lowest BCUT2D eigenvalue weighted by molar-refractivity contribution is 0.0696. The molecule has 0 bridgehead atoms. The van der Waals surface area contributed by atoms with Crippen LogP contribution in [0.15, 0.2) is 18.5 Å². The minimum Gasteiger partial charge on any atom is -0.478 e. The molecule has 2 rings (SSSR count). The van der Waals surface area contributed by atoms with Crippen LogP contribution in [0.1, 0.15) is 23.2 Å². The number of hydrogen-bond acceptors (Lipinski definition) is 4. The van der Waals surface area contributed by atoms with Gasteiger partial charge < -0.3 is 5.11 Å². The predicted molar refractivity (Wildman–Crippen MR) is 56.8 cm³/mol. The van der Waals surface area contributed by atoms with Crippen LogP contribution in [0.4, 0.5) is 5.69 Å². The molecular formula is C9H10N2O4S. The molecule has 0 spiro atoms. The summed E-state index contributed by atoms with van der Waals surface area (Å²) >= 11 is 0. The highest BCUT2D eigenvalue weighted by Crippen LogP contribution is 2.29. The van der Waals surface area contributed by atoms with Crippen molar-refractivity contribution >= 4 is 21.7 Å². The van der Waals surface area contributed by atoms with Crippen molar-refractivity contribution in [3.8, 4) is 0 Å². The predicted octanol–water partition coefficient (Wildman–Crippen LogP) is 0.684. The quantitative estimate of drug-likeness (QED) is 0.809. The number of carboxylic acid groups (broad SMARTS) is 1. The Hall–Kier alpha value is -1.63. The topological polar surface area (TPSA) is 96.4 Å². The van der Waals surface area contributed by atoms with E-state index in [0.29, 0.717) is 12.8 Å². The number of aromatic nitrogens is 1. The van der Waals surface area contributed by atoms with Gasteiger partial charge in [-0.05, 0) is 18.9 Å². The third-order valence-corrected chi connectivity index (χ3v) is 4.08. The Kier molecular flexibility index (Phi) is 2.55. The number of hydrogen-bond donors (Lipinski definition) is 2. The van der Waals surface area contributed by atoms with Crippen molar-refractivity contribution in [2.75, 3.05) is 4.72 Å². The Morgan fingerprint density at radius 1 is 1.44 bits per heavy atom. The first-order valence-corrected chi connectivity index (χ1v) is 6.23. The van der Waals surface area contributed by atoms with Gasteiger partial charge in [0, 0.05) is 6.20 Å². The van der Waals surface area contributed by atoms with E-state index in [9.17, 15) is 13.2 Å². The largest absolute Gasteiger partial charge is 0.478 e. The maximum Gasteiger partial charge on any atom is 0.337 e. The molecule has 0 amide bonds. The molecule has 2 N–H and O–H groups in total. The molecule has 1 aromatic heterocycles. The van der Waals surface area contributed by atoms with E-state index in [4.69, 9.17) is 5.11 Å². The highest BCUT2D eigenvalue weighted by molar-refractivity contribution is 7.93. The standard InChI is InChI=1S/C9H10N2O4S/c12-9(13)6-3-7(5-10-4-6)11-16(14,15)8-1-2-8/h3-5,8,11H,1-2H2,(H,12,13). The molecule has 86 valence electrons. The Morgan fingerprint density at radius 2 is 2.12 bits per heavy atom. The van der Waals surface area contributed by atoms with Crippen LogP contribution < -0.4 is 4.72 Å². The van der Waals surface area contributed by atoms with E-state index in [2.05, 4.69) is 9.71 Å². The number of pyridine rings is 1. The van der Waals surface area contributed by atoms with E-state index in [-0.39, 0.29) is 16.5 Å². The molecule has 0 saturated heterocycles. The van der Waals surface area contributed by atoms with Crippen LogP contribution in [-0.2, 0) is 10.0 Å². The number of rotatable bonds is 4. The molecule has 16 heavy (non-hydrogen) atoms. The molecule has 0 aliphatic heterocycles. The molecule has 1 fully saturated rings. The Balaban J connectivity index is 2.21. The van der Waals surface area contributed by atoms with E-state index >= 15 is 0 Å². The number of carbonyl (C=O) groups is 1. The van der Waals surface area contributed by atoms with Crippen LogP contribution in [0.3, 0.4) is 0 Å². The van der Waals surface area contributed by atoms with Crippen LogP contribution in [0, 0.1) is 0 Å². The minimum atomic E-state index is -3.37. The molecule has 1 saturated carbocycles. The second-order valence-corrected chi connectivity index (χ2v) is 5.57. The molecule has 0 radical (unpaired) electrons. The normalized spacial score (nSPS) is 15.8. The van der Waals surface area contributed by atoms with Crippen LogP contribution in [0.2, 0.25) is 0 Å². The summed E-state index contributed by atoms with van der Waals surface area (Å²) in [4.78, 5) is 14.3. The lowest BCUT2D eigenvalue weighted by atomic mass is 10.3. The molecule has 1 aliphatic carbocycles. The Morgan fingerprint density at radius 3 is 2.69 bits per heavy atom. The molecule has 7 heteroatoms. The summed E-state index contributed by atoms with van der Waals surface area (Å²) < 4.78 is 25.4. The highest BCUT2D eigenvalue weighted by Gasteiger charge is 2.35. The van der Waals surface area contributed by atoms with Crippen molar-refractivity contribution in [2.24, 2.45) is 0 Å². The van der Waals surface area contributed by atoms with Gasteiger partial charge in [-0.3, -0.25) is 9.71 Å². The second kappa shape index (κ2) is 3.75. The average molecular weight is 242 g/mol. The lowest BCUT2D eigenvalue weighted by Gasteiger charge is -2.06. The van der Waals surface area contributed by atoms with Crippen molar-refractivity contribution in [1.82, 2.24) is 4.98 Å². The van der Waals surface area contributed by atoms with Crippen molar-refractivity contribution in [3.63, 3.8) is 0 Å². The third kappa shape index (κ3) is 2.30. The highest BCUT2D eigenvalue weighted by atomic mass is 32.2. The first-order valence-electron chi connectivity index (χ1n) is 4.69. The molecule has 0 unspecified atom stereocenters. The maximum atomic E-state index is 11.6. The zero-order chi connectivity index (χ0) is 11.8. The van der Waals surface area contributed by atoms with Gasteiger partial charge in [-0.1, -0.05) is 0 Å². The first-order chi connectivity index (χ1) is 7.49. The van der Waals surface area contributed by atoms with Crippen molar-refractivity contribution < 1.29 is 18.3 Å². The van der Waals surface area contributed by atoms with Gasteiger partial charge in [-0.25, -0.2) is 13.2 Å². The van der Waals surface area contributed by atoms with Crippen LogP contribution >= 0.6 is 0 Å². The molecule has 0 atom stereocenters. The number of aromatic carboxylic acids is 1. The van der Waals surface area contributed by atoms with Crippen molar-refractivity contribution in [1.29, 1.82) is 0 Å². The van der Waals surface area contributed by atoms with Gasteiger partial charge >= 0.3 is 5.97 Å². The minimum absolute atomic E-state index is 0.0454. The second-order valence-electron chi connectivity index (χ2n) is 3.61. The molecule has 1 aliphatic rings. The summed E-state index contributed by atoms with van der Waals surface area (Å²) in [6.07, 6.45) is 3.76. The van der Waals surface area contributed by atoms with Crippen LogP contribution in [-0.4, -0.2) is 29.7 Å². The zero-order valence-electron chi connectivity index (χ0n) is 8.25. The van der Waals surface area contributed by atoms with Gasteiger partial charge in [0.2, 0.25) is 10.0 Å². The van der Waals surface area contributed by atoms with Crippen LogP contribution in [0.5, 0.6) is 0 Å². The number of sulfonamides is 1. The van der Waals surface area contributed by atoms with Crippen molar-refractivity contribution in [2.45, 2.75) is 18.1 Å². The summed E-state index contributed by atoms with van der Waals surface area (Å²) in [5, 5.41) is 8.37.